The molecule has 2 fully saturated rings. The maximum atomic E-state index is 5.96. The summed E-state index contributed by atoms with van der Waals surface area (Å²) in [5.74, 6) is 2.70. The molecule has 21 heavy (non-hydrogen) atoms. The van der Waals surface area contributed by atoms with Gasteiger partial charge in [-0.1, -0.05) is 29.4 Å². The molecule has 2 saturated carbocycles. The van der Waals surface area contributed by atoms with E-state index in [9.17, 15) is 0 Å². The van der Waals surface area contributed by atoms with Crippen molar-refractivity contribution in [2.75, 3.05) is 5.73 Å². The molecule has 0 aliphatic heterocycles. The Hall–Kier alpha value is -1.20. The molecular weight excluding hydrogens is 304 g/mol. The number of hydrogen-bond acceptors (Lipinski definition) is 4. The minimum Gasteiger partial charge on any atom is -0.398 e. The predicted octanol–water partition coefficient (Wildman–Crippen LogP) is 4.02. The Morgan fingerprint density at radius 1 is 1.24 bits per heavy atom. The molecule has 0 saturated heterocycles. The first-order chi connectivity index (χ1) is 10.2. The van der Waals surface area contributed by atoms with E-state index in [2.05, 4.69) is 14.8 Å². The quantitative estimate of drug-likeness (QED) is 0.668. The maximum absolute atomic E-state index is 5.96. The maximum Gasteiger partial charge on any atom is 0.191 e. The summed E-state index contributed by atoms with van der Waals surface area (Å²) < 4.78 is 2.38. The number of nitrogens with two attached hydrogens (primary N) is 1. The molecule has 0 amide bonds. The Labute approximate surface area is 133 Å². The number of nitrogens with zero attached hydrogens (tertiary/aromatic N) is 3. The fourth-order valence-corrected chi connectivity index (χ4v) is 3.59. The molecule has 2 N–H and O–H groups in total. The first kappa shape index (κ1) is 13.5. The van der Waals surface area contributed by atoms with Crippen LogP contribution in [0.5, 0.6) is 0 Å². The van der Waals surface area contributed by atoms with Crippen LogP contribution in [-0.4, -0.2) is 14.8 Å². The summed E-state index contributed by atoms with van der Waals surface area (Å²) >= 11 is 7.70. The summed E-state index contributed by atoms with van der Waals surface area (Å²) in [5.41, 5.74) is 7.66. The Morgan fingerprint density at radius 3 is 2.71 bits per heavy atom. The highest BCUT2D eigenvalue weighted by atomic mass is 35.5. The second kappa shape index (κ2) is 5.21. The normalized spacial score (nSPS) is 18.1. The van der Waals surface area contributed by atoms with Gasteiger partial charge in [-0.25, -0.2) is 0 Å². The molecule has 2 aromatic rings. The summed E-state index contributed by atoms with van der Waals surface area (Å²) in [5, 5.41) is 10.5. The average Bonchev–Trinajstić information content (AvgIpc) is 3.39. The van der Waals surface area contributed by atoms with E-state index in [4.69, 9.17) is 17.3 Å². The van der Waals surface area contributed by atoms with Gasteiger partial charge in [0, 0.05) is 17.7 Å². The van der Waals surface area contributed by atoms with E-state index >= 15 is 0 Å². The van der Waals surface area contributed by atoms with Crippen molar-refractivity contribution in [3.63, 3.8) is 0 Å². The van der Waals surface area contributed by atoms with Gasteiger partial charge in [0.2, 0.25) is 0 Å². The highest BCUT2D eigenvalue weighted by molar-refractivity contribution is 7.98. The minimum absolute atomic E-state index is 0.612. The van der Waals surface area contributed by atoms with Crippen LogP contribution < -0.4 is 5.73 Å². The first-order valence-electron chi connectivity index (χ1n) is 7.34. The zero-order valence-electron chi connectivity index (χ0n) is 11.6. The number of rotatable bonds is 5. The molecule has 0 spiro atoms. The molecule has 2 aliphatic carbocycles. The number of anilines is 1. The van der Waals surface area contributed by atoms with E-state index in [-0.39, 0.29) is 0 Å². The molecule has 0 radical (unpaired) electrons. The van der Waals surface area contributed by atoms with Gasteiger partial charge < -0.3 is 10.3 Å². The van der Waals surface area contributed by atoms with Gasteiger partial charge in [0.15, 0.2) is 5.16 Å². The van der Waals surface area contributed by atoms with Crippen LogP contribution in [0.25, 0.3) is 0 Å². The molecule has 110 valence electrons. The zero-order chi connectivity index (χ0) is 14.4. The molecule has 1 aromatic carbocycles. The minimum atomic E-state index is 0.612. The first-order valence-corrected chi connectivity index (χ1v) is 8.70. The number of thioether (sulfide) groups is 1. The van der Waals surface area contributed by atoms with Gasteiger partial charge in [-0.15, -0.1) is 10.2 Å². The van der Waals surface area contributed by atoms with E-state index in [1.54, 1.807) is 11.8 Å². The number of hydrogen-bond donors (Lipinski definition) is 1. The lowest BCUT2D eigenvalue weighted by Gasteiger charge is -2.08. The summed E-state index contributed by atoms with van der Waals surface area (Å²) in [6, 6.07) is 6.45. The second-order valence-corrected chi connectivity index (χ2v) is 7.21. The van der Waals surface area contributed by atoms with Crippen molar-refractivity contribution in [1.82, 2.24) is 14.8 Å². The summed E-state index contributed by atoms with van der Waals surface area (Å²) in [7, 11) is 0. The molecule has 6 heteroatoms. The van der Waals surface area contributed by atoms with Gasteiger partial charge in [-0.3, -0.25) is 0 Å². The van der Waals surface area contributed by atoms with Crippen molar-refractivity contribution >= 4 is 29.1 Å². The lowest BCUT2D eigenvalue weighted by molar-refractivity contribution is 0.627. The molecular formula is C15H17ClN4S. The van der Waals surface area contributed by atoms with Crippen LogP contribution in [0.3, 0.4) is 0 Å². The molecule has 1 aromatic heterocycles. The lowest BCUT2D eigenvalue weighted by Crippen LogP contribution is -2.02. The van der Waals surface area contributed by atoms with Gasteiger partial charge in [-0.2, -0.15) is 0 Å². The Balaban J connectivity index is 1.53. The number of nitrogen functional groups attached to an aromatic ring is 1. The third kappa shape index (κ3) is 2.77. The van der Waals surface area contributed by atoms with Crippen molar-refractivity contribution in [2.24, 2.45) is 0 Å². The van der Waals surface area contributed by atoms with E-state index in [0.29, 0.717) is 22.7 Å². The second-order valence-electron chi connectivity index (χ2n) is 5.86. The van der Waals surface area contributed by atoms with Gasteiger partial charge in [-0.05, 0) is 43.4 Å². The van der Waals surface area contributed by atoms with Crippen molar-refractivity contribution < 1.29 is 0 Å². The van der Waals surface area contributed by atoms with Crippen molar-refractivity contribution in [1.29, 1.82) is 0 Å². The van der Waals surface area contributed by atoms with Crippen LogP contribution in [0.4, 0.5) is 5.69 Å². The molecule has 0 atom stereocenters. The van der Waals surface area contributed by atoms with Crippen LogP contribution in [-0.2, 0) is 5.75 Å². The van der Waals surface area contributed by atoms with Crippen LogP contribution in [0.1, 0.15) is 49.0 Å². The topological polar surface area (TPSA) is 56.7 Å². The zero-order valence-corrected chi connectivity index (χ0v) is 13.2. The monoisotopic (exact) mass is 320 g/mol. The highest BCUT2D eigenvalue weighted by Gasteiger charge is 2.36. The standard InChI is InChI=1S/C15H17ClN4S/c16-12-6-1-9(7-13(12)17)8-21-15-19-18-14(10-2-3-10)20(15)11-4-5-11/h1,6-7,10-11H,2-5,8,17H2. The molecule has 1 heterocycles. The average molecular weight is 321 g/mol. The summed E-state index contributed by atoms with van der Waals surface area (Å²) in [4.78, 5) is 0. The van der Waals surface area contributed by atoms with Crippen molar-refractivity contribution in [3.05, 3.63) is 34.6 Å². The number of halogens is 1. The summed E-state index contributed by atoms with van der Waals surface area (Å²) in [6.07, 6.45) is 5.06. The molecule has 4 rings (SSSR count). The van der Waals surface area contributed by atoms with Gasteiger partial charge in [0.05, 0.1) is 10.7 Å². The fraction of sp³-hybridized carbons (Fsp3) is 0.467. The van der Waals surface area contributed by atoms with Crippen molar-refractivity contribution in [2.45, 2.75) is 48.6 Å². The molecule has 0 unspecified atom stereocenters. The summed E-state index contributed by atoms with van der Waals surface area (Å²) in [6.45, 7) is 0. The number of aromatic nitrogens is 3. The Kier molecular flexibility index (Phi) is 3.34. The van der Waals surface area contributed by atoms with Crippen LogP contribution in [0.2, 0.25) is 5.02 Å². The number of benzene rings is 1. The molecule has 2 aliphatic rings. The largest absolute Gasteiger partial charge is 0.398 e. The Bertz CT molecular complexity index is 676. The lowest BCUT2D eigenvalue weighted by atomic mass is 10.2. The third-order valence-electron chi connectivity index (χ3n) is 3.97. The van der Waals surface area contributed by atoms with Gasteiger partial charge >= 0.3 is 0 Å². The van der Waals surface area contributed by atoms with Crippen LogP contribution >= 0.6 is 23.4 Å². The van der Waals surface area contributed by atoms with E-state index in [1.165, 1.54) is 37.1 Å². The van der Waals surface area contributed by atoms with Crippen LogP contribution in [0.15, 0.2) is 23.4 Å². The van der Waals surface area contributed by atoms with Crippen molar-refractivity contribution in [3.8, 4) is 0 Å². The van der Waals surface area contributed by atoms with E-state index in [0.717, 1.165) is 10.9 Å². The van der Waals surface area contributed by atoms with Gasteiger partial charge in [0.25, 0.3) is 0 Å². The SMILES string of the molecule is Nc1cc(CSc2nnc(C3CC3)n2C2CC2)ccc1Cl. The fourth-order valence-electron chi connectivity index (χ4n) is 2.51. The van der Waals surface area contributed by atoms with Gasteiger partial charge in [0.1, 0.15) is 5.82 Å². The predicted molar refractivity (Wildman–Crippen MR) is 85.7 cm³/mol. The van der Waals surface area contributed by atoms with E-state index in [1.807, 2.05) is 18.2 Å². The van der Waals surface area contributed by atoms with Crippen LogP contribution in [0, 0.1) is 0 Å². The Morgan fingerprint density at radius 2 is 2.05 bits per heavy atom. The molecule has 0 bridgehead atoms. The smallest absolute Gasteiger partial charge is 0.191 e. The highest BCUT2D eigenvalue weighted by Crippen LogP contribution is 2.46. The third-order valence-corrected chi connectivity index (χ3v) is 5.33. The molecule has 4 nitrogen and oxygen atoms in total. The van der Waals surface area contributed by atoms with E-state index < -0.39 is 0 Å².